The molecule has 0 radical (unpaired) electrons. The van der Waals surface area contributed by atoms with Crippen LogP contribution in [0.1, 0.15) is 31.9 Å². The summed E-state index contributed by atoms with van der Waals surface area (Å²) in [6, 6.07) is 3.53. The van der Waals surface area contributed by atoms with E-state index < -0.39 is 6.10 Å². The lowest BCUT2D eigenvalue weighted by Crippen LogP contribution is -2.33. The third kappa shape index (κ3) is 7.99. The maximum absolute atomic E-state index is 9.86. The maximum Gasteiger partial charge on any atom is 0.188 e. The summed E-state index contributed by atoms with van der Waals surface area (Å²) in [4.78, 5) is 8.01. The predicted molar refractivity (Wildman–Crippen MR) is 88.6 cm³/mol. The summed E-state index contributed by atoms with van der Waals surface area (Å²) in [5.74, 6) is 1.01. The monoisotopic (exact) mass is 378 g/mol. The number of nitrogens with one attached hydrogen (secondary N) is 1. The Morgan fingerprint density at radius 1 is 1.42 bits per heavy atom. The van der Waals surface area contributed by atoms with Crippen molar-refractivity contribution in [3.05, 3.63) is 30.1 Å². The number of pyridine rings is 1. The van der Waals surface area contributed by atoms with E-state index in [0.717, 1.165) is 18.5 Å². The number of hydrogen-bond donors (Lipinski definition) is 3. The number of aliphatic hydroxyl groups excluding tert-OH is 1. The highest BCUT2D eigenvalue weighted by Crippen LogP contribution is 2.10. The second-order valence-electron chi connectivity index (χ2n) is 4.63. The number of rotatable bonds is 6. The third-order valence-corrected chi connectivity index (χ3v) is 2.55. The summed E-state index contributed by atoms with van der Waals surface area (Å²) >= 11 is 0. The van der Waals surface area contributed by atoms with Gasteiger partial charge in [0.1, 0.15) is 0 Å². The molecule has 1 rings (SSSR count). The van der Waals surface area contributed by atoms with Crippen LogP contribution in [0.4, 0.5) is 0 Å². The second-order valence-corrected chi connectivity index (χ2v) is 4.63. The summed E-state index contributed by atoms with van der Waals surface area (Å²) < 4.78 is 0. The van der Waals surface area contributed by atoms with E-state index in [4.69, 9.17) is 5.73 Å². The van der Waals surface area contributed by atoms with Gasteiger partial charge in [0.15, 0.2) is 5.96 Å². The molecule has 0 fully saturated rings. The number of halogens is 1. The maximum atomic E-state index is 9.86. The number of hydrogen-bond acceptors (Lipinski definition) is 3. The Morgan fingerprint density at radius 2 is 2.05 bits per heavy atom. The molecule has 5 nitrogen and oxygen atoms in total. The molecular weight excluding hydrogens is 355 g/mol. The molecule has 0 amide bonds. The Labute approximate surface area is 131 Å². The van der Waals surface area contributed by atoms with E-state index in [1.807, 2.05) is 0 Å². The predicted octanol–water partition coefficient (Wildman–Crippen LogP) is 1.68. The lowest BCUT2D eigenvalue weighted by Gasteiger charge is -2.10. The summed E-state index contributed by atoms with van der Waals surface area (Å²) in [5.41, 5.74) is 6.50. The van der Waals surface area contributed by atoms with Gasteiger partial charge in [-0.1, -0.05) is 13.8 Å². The van der Waals surface area contributed by atoms with Crippen molar-refractivity contribution in [1.29, 1.82) is 0 Å². The van der Waals surface area contributed by atoms with Gasteiger partial charge in [-0.25, -0.2) is 0 Å². The first kappa shape index (κ1) is 18.1. The largest absolute Gasteiger partial charge is 0.386 e. The summed E-state index contributed by atoms with van der Waals surface area (Å²) in [7, 11) is 0. The molecule has 1 atom stereocenters. The Kier molecular flexibility index (Phi) is 9.50. The SMILES string of the molecule is CC(C)CCNC(N)=NCC(O)c1ccncc1.I. The second kappa shape index (κ2) is 9.96. The molecule has 0 bridgehead atoms. The molecule has 0 aliphatic rings. The van der Waals surface area contributed by atoms with E-state index in [-0.39, 0.29) is 30.5 Å². The van der Waals surface area contributed by atoms with Gasteiger partial charge in [0.2, 0.25) is 0 Å². The molecule has 1 heterocycles. The average Bonchev–Trinajstić information content (AvgIpc) is 2.36. The van der Waals surface area contributed by atoms with E-state index in [9.17, 15) is 5.11 Å². The van der Waals surface area contributed by atoms with E-state index in [2.05, 4.69) is 29.1 Å². The molecule has 4 N–H and O–H groups in total. The molecule has 1 aromatic heterocycles. The van der Waals surface area contributed by atoms with Crippen LogP contribution in [0.2, 0.25) is 0 Å². The fourth-order valence-corrected chi connectivity index (χ4v) is 1.42. The molecule has 0 aliphatic carbocycles. The molecule has 6 heteroatoms. The molecule has 0 aliphatic heterocycles. The van der Waals surface area contributed by atoms with E-state index in [1.54, 1.807) is 24.5 Å². The highest BCUT2D eigenvalue weighted by Gasteiger charge is 2.05. The molecule has 19 heavy (non-hydrogen) atoms. The first-order valence-electron chi connectivity index (χ1n) is 6.21. The van der Waals surface area contributed by atoms with Crippen molar-refractivity contribution < 1.29 is 5.11 Å². The van der Waals surface area contributed by atoms with Gasteiger partial charge in [-0.2, -0.15) is 0 Å². The van der Waals surface area contributed by atoms with Crippen LogP contribution in [0.3, 0.4) is 0 Å². The normalized spacial score (nSPS) is 12.9. The average molecular weight is 378 g/mol. The number of aliphatic hydroxyl groups is 1. The highest BCUT2D eigenvalue weighted by atomic mass is 127. The van der Waals surface area contributed by atoms with Gasteiger partial charge in [0.05, 0.1) is 12.6 Å². The lowest BCUT2D eigenvalue weighted by atomic mass is 10.1. The Hall–Kier alpha value is -0.890. The van der Waals surface area contributed by atoms with Crippen molar-refractivity contribution in [3.63, 3.8) is 0 Å². The van der Waals surface area contributed by atoms with E-state index in [0.29, 0.717) is 11.9 Å². The van der Waals surface area contributed by atoms with E-state index in [1.165, 1.54) is 0 Å². The minimum absolute atomic E-state index is 0. The number of aromatic nitrogens is 1. The highest BCUT2D eigenvalue weighted by molar-refractivity contribution is 14.0. The molecule has 0 spiro atoms. The topological polar surface area (TPSA) is 83.5 Å². The minimum Gasteiger partial charge on any atom is -0.386 e. The fraction of sp³-hybridized carbons (Fsp3) is 0.538. The molecule has 108 valence electrons. The van der Waals surface area contributed by atoms with Gasteiger partial charge in [0, 0.05) is 18.9 Å². The van der Waals surface area contributed by atoms with Crippen molar-refractivity contribution in [2.45, 2.75) is 26.4 Å². The first-order chi connectivity index (χ1) is 8.59. The quantitative estimate of drug-likeness (QED) is 0.400. The molecule has 1 unspecified atom stereocenters. The van der Waals surface area contributed by atoms with Crippen molar-refractivity contribution >= 4 is 29.9 Å². The summed E-state index contributed by atoms with van der Waals surface area (Å²) in [5, 5.41) is 12.9. The third-order valence-electron chi connectivity index (χ3n) is 2.55. The Balaban J connectivity index is 0.00000324. The number of guanidine groups is 1. The van der Waals surface area contributed by atoms with Gasteiger partial charge in [-0.05, 0) is 30.0 Å². The fourth-order valence-electron chi connectivity index (χ4n) is 1.42. The van der Waals surface area contributed by atoms with Crippen molar-refractivity contribution in [2.24, 2.45) is 16.6 Å². The van der Waals surface area contributed by atoms with Crippen LogP contribution >= 0.6 is 24.0 Å². The van der Waals surface area contributed by atoms with Crippen molar-refractivity contribution in [3.8, 4) is 0 Å². The zero-order valence-electron chi connectivity index (χ0n) is 11.4. The van der Waals surface area contributed by atoms with Gasteiger partial charge < -0.3 is 16.2 Å². The molecule has 0 saturated heterocycles. The standard InChI is InChI=1S/C13H22N4O.HI/c1-10(2)3-8-16-13(14)17-9-12(18)11-4-6-15-7-5-11;/h4-7,10,12,18H,3,8-9H2,1-2H3,(H3,14,16,17);1H. The minimum atomic E-state index is -0.640. The number of aliphatic imine (C=N–C) groups is 1. The van der Waals surface area contributed by atoms with Crippen LogP contribution in [0.15, 0.2) is 29.5 Å². The van der Waals surface area contributed by atoms with Crippen molar-refractivity contribution in [1.82, 2.24) is 10.3 Å². The Morgan fingerprint density at radius 3 is 2.63 bits per heavy atom. The number of nitrogens with two attached hydrogens (primary N) is 1. The molecule has 0 saturated carbocycles. The number of nitrogens with zero attached hydrogens (tertiary/aromatic N) is 2. The first-order valence-corrected chi connectivity index (χ1v) is 6.21. The zero-order chi connectivity index (χ0) is 13.4. The summed E-state index contributed by atoms with van der Waals surface area (Å²) in [6.07, 6.45) is 3.70. The van der Waals surface area contributed by atoms with Gasteiger partial charge >= 0.3 is 0 Å². The Bertz CT molecular complexity index is 370. The van der Waals surface area contributed by atoms with Gasteiger partial charge in [0.25, 0.3) is 0 Å². The molecular formula is C13H23IN4O. The van der Waals surface area contributed by atoms with Crippen molar-refractivity contribution in [2.75, 3.05) is 13.1 Å². The van der Waals surface area contributed by atoms with E-state index >= 15 is 0 Å². The van der Waals surface area contributed by atoms with Gasteiger partial charge in [-0.3, -0.25) is 9.98 Å². The van der Waals surface area contributed by atoms with Crippen LogP contribution in [-0.4, -0.2) is 29.1 Å². The smallest absolute Gasteiger partial charge is 0.188 e. The van der Waals surface area contributed by atoms with Crippen LogP contribution in [-0.2, 0) is 0 Å². The zero-order valence-corrected chi connectivity index (χ0v) is 13.7. The molecule has 1 aromatic rings. The summed E-state index contributed by atoms with van der Waals surface area (Å²) in [6.45, 7) is 5.37. The van der Waals surface area contributed by atoms with Crippen LogP contribution in [0, 0.1) is 5.92 Å². The van der Waals surface area contributed by atoms with Crippen LogP contribution < -0.4 is 11.1 Å². The van der Waals surface area contributed by atoms with Crippen LogP contribution in [0.25, 0.3) is 0 Å². The lowest BCUT2D eigenvalue weighted by molar-refractivity contribution is 0.187. The van der Waals surface area contributed by atoms with Gasteiger partial charge in [-0.15, -0.1) is 24.0 Å². The molecule has 0 aromatic carbocycles. The van der Waals surface area contributed by atoms with Crippen LogP contribution in [0.5, 0.6) is 0 Å².